The summed E-state index contributed by atoms with van der Waals surface area (Å²) in [5.41, 5.74) is 9.21. The highest BCUT2D eigenvalue weighted by Gasteiger charge is 2.20. The number of pyridine rings is 1. The Morgan fingerprint density at radius 2 is 2.15 bits per heavy atom. The molecule has 0 saturated heterocycles. The second kappa shape index (κ2) is 5.05. The van der Waals surface area contributed by atoms with Crippen LogP contribution in [0.4, 0.5) is 5.69 Å². The van der Waals surface area contributed by atoms with Crippen LogP contribution >= 0.6 is 11.3 Å². The molecular formula is C15H19N3OS. The van der Waals surface area contributed by atoms with E-state index in [2.05, 4.69) is 11.4 Å². The standard InChI is InChI=1S/C15H19N3OS/c1-8(2)17-14(19)13-12(16)10-7-9-5-3-4-6-11(9)18-15(10)20-13/h7-8H,3-6,16H2,1-2H3,(H,17,19). The van der Waals surface area contributed by atoms with Gasteiger partial charge in [0, 0.05) is 17.1 Å². The van der Waals surface area contributed by atoms with Crippen LogP contribution in [0.15, 0.2) is 6.07 Å². The quantitative estimate of drug-likeness (QED) is 0.893. The molecule has 0 atom stereocenters. The van der Waals surface area contributed by atoms with Crippen molar-refractivity contribution >= 4 is 33.1 Å². The first-order valence-electron chi connectivity index (χ1n) is 7.08. The third-order valence-corrected chi connectivity index (χ3v) is 4.74. The number of fused-ring (bicyclic) bond motifs is 2. The van der Waals surface area contributed by atoms with E-state index in [0.717, 1.165) is 23.1 Å². The van der Waals surface area contributed by atoms with Crippen LogP contribution in [0.25, 0.3) is 10.2 Å². The van der Waals surface area contributed by atoms with Crippen LogP contribution < -0.4 is 11.1 Å². The zero-order chi connectivity index (χ0) is 14.3. The van der Waals surface area contributed by atoms with Gasteiger partial charge in [-0.2, -0.15) is 0 Å². The van der Waals surface area contributed by atoms with Crippen molar-refractivity contribution in [1.82, 2.24) is 10.3 Å². The van der Waals surface area contributed by atoms with Gasteiger partial charge in [0.2, 0.25) is 0 Å². The van der Waals surface area contributed by atoms with E-state index in [-0.39, 0.29) is 11.9 Å². The van der Waals surface area contributed by atoms with Crippen LogP contribution in [0.5, 0.6) is 0 Å². The van der Waals surface area contributed by atoms with Crippen LogP contribution in [-0.2, 0) is 12.8 Å². The fourth-order valence-electron chi connectivity index (χ4n) is 2.66. The first-order chi connectivity index (χ1) is 9.56. The summed E-state index contributed by atoms with van der Waals surface area (Å²) in [7, 11) is 0. The van der Waals surface area contributed by atoms with E-state index in [4.69, 9.17) is 10.7 Å². The van der Waals surface area contributed by atoms with Crippen molar-refractivity contribution in [3.05, 3.63) is 22.2 Å². The average molecular weight is 289 g/mol. The van der Waals surface area contributed by atoms with Crippen molar-refractivity contribution in [1.29, 1.82) is 0 Å². The Morgan fingerprint density at radius 1 is 1.40 bits per heavy atom. The second-order valence-corrected chi connectivity index (χ2v) is 6.63. The highest BCUT2D eigenvalue weighted by atomic mass is 32.1. The molecule has 106 valence electrons. The molecule has 0 fully saturated rings. The van der Waals surface area contributed by atoms with Gasteiger partial charge in [-0.3, -0.25) is 4.79 Å². The molecule has 2 heterocycles. The van der Waals surface area contributed by atoms with E-state index >= 15 is 0 Å². The summed E-state index contributed by atoms with van der Waals surface area (Å²) in [5.74, 6) is -0.0986. The van der Waals surface area contributed by atoms with Gasteiger partial charge in [-0.25, -0.2) is 4.98 Å². The number of hydrogen-bond acceptors (Lipinski definition) is 4. The van der Waals surface area contributed by atoms with Gasteiger partial charge >= 0.3 is 0 Å². The zero-order valence-electron chi connectivity index (χ0n) is 11.8. The number of nitrogens with zero attached hydrogens (tertiary/aromatic N) is 1. The molecule has 20 heavy (non-hydrogen) atoms. The van der Waals surface area contributed by atoms with Crippen molar-refractivity contribution in [3.8, 4) is 0 Å². The summed E-state index contributed by atoms with van der Waals surface area (Å²) in [5, 5.41) is 3.83. The maximum atomic E-state index is 12.2. The third kappa shape index (κ3) is 2.26. The van der Waals surface area contributed by atoms with Gasteiger partial charge < -0.3 is 11.1 Å². The SMILES string of the molecule is CC(C)NC(=O)c1sc2nc3c(cc2c1N)CCCC3. The minimum Gasteiger partial charge on any atom is -0.397 e. The molecule has 0 spiro atoms. The largest absolute Gasteiger partial charge is 0.397 e. The topological polar surface area (TPSA) is 68.0 Å². The number of nitrogens with one attached hydrogen (secondary N) is 1. The number of nitrogens with two attached hydrogens (primary N) is 1. The minimum atomic E-state index is -0.0986. The predicted molar refractivity (Wildman–Crippen MR) is 83.3 cm³/mol. The number of thiophene rings is 1. The third-order valence-electron chi connectivity index (χ3n) is 3.63. The second-order valence-electron chi connectivity index (χ2n) is 5.63. The molecule has 0 aliphatic heterocycles. The number of rotatable bonds is 2. The Balaban J connectivity index is 2.07. The lowest BCUT2D eigenvalue weighted by Gasteiger charge is -2.14. The maximum Gasteiger partial charge on any atom is 0.263 e. The Hall–Kier alpha value is -1.62. The molecule has 2 aromatic heterocycles. The summed E-state index contributed by atoms with van der Waals surface area (Å²) in [4.78, 5) is 18.3. The van der Waals surface area contributed by atoms with Crippen molar-refractivity contribution in [3.63, 3.8) is 0 Å². The van der Waals surface area contributed by atoms with Crippen molar-refractivity contribution < 1.29 is 4.79 Å². The number of anilines is 1. The lowest BCUT2D eigenvalue weighted by atomic mass is 9.95. The molecule has 0 radical (unpaired) electrons. The fourth-order valence-corrected chi connectivity index (χ4v) is 3.66. The molecule has 5 heteroatoms. The first-order valence-corrected chi connectivity index (χ1v) is 7.89. The lowest BCUT2D eigenvalue weighted by molar-refractivity contribution is 0.0948. The smallest absolute Gasteiger partial charge is 0.263 e. The van der Waals surface area contributed by atoms with Gasteiger partial charge in [-0.15, -0.1) is 11.3 Å². The number of carbonyl (C=O) groups excluding carboxylic acids is 1. The Morgan fingerprint density at radius 3 is 2.90 bits per heavy atom. The highest BCUT2D eigenvalue weighted by Crippen LogP contribution is 2.35. The van der Waals surface area contributed by atoms with Crippen LogP contribution in [0.1, 0.15) is 47.6 Å². The molecule has 2 aromatic rings. The normalized spacial score (nSPS) is 14.6. The van der Waals surface area contributed by atoms with E-state index in [1.54, 1.807) is 0 Å². The zero-order valence-corrected chi connectivity index (χ0v) is 12.6. The molecule has 3 rings (SSSR count). The van der Waals surface area contributed by atoms with Gasteiger partial charge in [-0.05, 0) is 51.2 Å². The van der Waals surface area contributed by atoms with Gasteiger partial charge in [0.25, 0.3) is 5.91 Å². The maximum absolute atomic E-state index is 12.2. The summed E-state index contributed by atoms with van der Waals surface area (Å²) in [6, 6.07) is 2.24. The molecule has 4 nitrogen and oxygen atoms in total. The Labute approximate surface area is 122 Å². The number of carbonyl (C=O) groups is 1. The molecule has 0 aromatic carbocycles. The van der Waals surface area contributed by atoms with Gasteiger partial charge in [0.1, 0.15) is 9.71 Å². The monoisotopic (exact) mass is 289 g/mol. The highest BCUT2D eigenvalue weighted by molar-refractivity contribution is 7.21. The molecule has 0 saturated carbocycles. The van der Waals surface area contributed by atoms with Crippen molar-refractivity contribution in [2.24, 2.45) is 0 Å². The van der Waals surface area contributed by atoms with E-state index in [1.165, 1.54) is 35.4 Å². The van der Waals surface area contributed by atoms with E-state index < -0.39 is 0 Å². The fraction of sp³-hybridized carbons (Fsp3) is 0.467. The van der Waals surface area contributed by atoms with E-state index in [9.17, 15) is 4.79 Å². The number of aromatic nitrogens is 1. The molecule has 0 unspecified atom stereocenters. The van der Waals surface area contributed by atoms with Crippen LogP contribution in [0, 0.1) is 0 Å². The Kier molecular flexibility index (Phi) is 3.38. The molecule has 1 amide bonds. The van der Waals surface area contributed by atoms with Crippen LogP contribution in [-0.4, -0.2) is 16.9 Å². The minimum absolute atomic E-state index is 0.0986. The average Bonchev–Trinajstić information content (AvgIpc) is 2.73. The van der Waals surface area contributed by atoms with Gasteiger partial charge in [-0.1, -0.05) is 0 Å². The van der Waals surface area contributed by atoms with E-state index in [0.29, 0.717) is 10.6 Å². The number of hydrogen-bond donors (Lipinski definition) is 2. The molecule has 0 bridgehead atoms. The molecule has 3 N–H and O–H groups in total. The summed E-state index contributed by atoms with van der Waals surface area (Å²) in [6.07, 6.45) is 4.52. The number of amides is 1. The van der Waals surface area contributed by atoms with Gasteiger partial charge in [0.15, 0.2) is 0 Å². The Bertz CT molecular complexity index is 675. The van der Waals surface area contributed by atoms with Crippen molar-refractivity contribution in [2.45, 2.75) is 45.6 Å². The first kappa shape index (κ1) is 13.4. The summed E-state index contributed by atoms with van der Waals surface area (Å²) < 4.78 is 0. The van der Waals surface area contributed by atoms with Crippen LogP contribution in [0.2, 0.25) is 0 Å². The summed E-state index contributed by atoms with van der Waals surface area (Å²) >= 11 is 1.40. The predicted octanol–water partition coefficient (Wildman–Crippen LogP) is 2.90. The van der Waals surface area contributed by atoms with Gasteiger partial charge in [0.05, 0.1) is 5.69 Å². The van der Waals surface area contributed by atoms with Crippen LogP contribution in [0.3, 0.4) is 0 Å². The lowest BCUT2D eigenvalue weighted by Crippen LogP contribution is -2.29. The summed E-state index contributed by atoms with van der Waals surface area (Å²) in [6.45, 7) is 3.89. The number of aryl methyl sites for hydroxylation is 2. The van der Waals surface area contributed by atoms with Crippen molar-refractivity contribution in [2.75, 3.05) is 5.73 Å². The van der Waals surface area contributed by atoms with E-state index in [1.807, 2.05) is 13.8 Å². The molecule has 1 aliphatic rings. The number of nitrogen functional groups attached to an aromatic ring is 1. The molecule has 1 aliphatic carbocycles. The molecular weight excluding hydrogens is 270 g/mol.